The van der Waals surface area contributed by atoms with Gasteiger partial charge in [-0.15, -0.1) is 0 Å². The highest BCUT2D eigenvalue weighted by atomic mass is 16.5. The second-order valence-corrected chi connectivity index (χ2v) is 4.47. The quantitative estimate of drug-likeness (QED) is 0.662. The van der Waals surface area contributed by atoms with E-state index in [1.54, 1.807) is 7.11 Å². The van der Waals surface area contributed by atoms with Crippen LogP contribution < -0.4 is 5.32 Å². The van der Waals surface area contributed by atoms with Crippen molar-refractivity contribution in [3.63, 3.8) is 0 Å². The summed E-state index contributed by atoms with van der Waals surface area (Å²) < 4.78 is 10.3. The molecule has 0 bridgehead atoms. The Balaban J connectivity index is 1.68. The lowest BCUT2D eigenvalue weighted by Crippen LogP contribution is -2.17. The average Bonchev–Trinajstić information content (AvgIpc) is 3.21. The van der Waals surface area contributed by atoms with Crippen LogP contribution in [0.3, 0.4) is 0 Å². The van der Waals surface area contributed by atoms with Crippen molar-refractivity contribution in [2.24, 2.45) is 0 Å². The van der Waals surface area contributed by atoms with Gasteiger partial charge in [-0.2, -0.15) is 0 Å². The maximum atomic E-state index is 5.41. The van der Waals surface area contributed by atoms with Gasteiger partial charge >= 0.3 is 0 Å². The molecule has 0 spiro atoms. The number of nitrogens with one attached hydrogen (secondary N) is 1. The van der Waals surface area contributed by atoms with Crippen LogP contribution in [0, 0.1) is 0 Å². The van der Waals surface area contributed by atoms with E-state index in [1.807, 2.05) is 12.3 Å². The number of methoxy groups -OCH3 is 1. The van der Waals surface area contributed by atoms with Gasteiger partial charge < -0.3 is 14.8 Å². The molecule has 0 radical (unpaired) electrons. The molecule has 0 amide bonds. The van der Waals surface area contributed by atoms with Crippen molar-refractivity contribution < 1.29 is 9.47 Å². The van der Waals surface area contributed by atoms with Crippen molar-refractivity contribution in [1.82, 2.24) is 15.3 Å². The molecule has 0 aliphatic heterocycles. The Kier molecular flexibility index (Phi) is 5.51. The largest absolute Gasteiger partial charge is 0.382 e. The van der Waals surface area contributed by atoms with Crippen LogP contribution in [0.4, 0.5) is 0 Å². The van der Waals surface area contributed by atoms with Crippen LogP contribution in [0.25, 0.3) is 0 Å². The summed E-state index contributed by atoms with van der Waals surface area (Å²) in [5, 5.41) is 3.45. The van der Waals surface area contributed by atoms with Gasteiger partial charge in [0.2, 0.25) is 0 Å². The maximum Gasteiger partial charge on any atom is 0.130 e. The fourth-order valence-corrected chi connectivity index (χ4v) is 1.60. The van der Waals surface area contributed by atoms with E-state index in [2.05, 4.69) is 15.3 Å². The van der Waals surface area contributed by atoms with Crippen LogP contribution in [0.15, 0.2) is 12.3 Å². The summed E-state index contributed by atoms with van der Waals surface area (Å²) in [4.78, 5) is 8.76. The Bertz CT molecular complexity index is 356. The molecule has 100 valence electrons. The highest BCUT2D eigenvalue weighted by molar-refractivity contribution is 5.03. The second kappa shape index (κ2) is 7.41. The molecule has 5 nitrogen and oxygen atoms in total. The summed E-state index contributed by atoms with van der Waals surface area (Å²) in [6.07, 6.45) is 5.17. The SMILES string of the molecule is COCCOCCc1nccc(CNC2CC2)n1. The molecule has 1 heterocycles. The zero-order valence-electron chi connectivity index (χ0n) is 10.9. The van der Waals surface area contributed by atoms with Gasteiger partial charge in [0.05, 0.1) is 25.5 Å². The van der Waals surface area contributed by atoms with Gasteiger partial charge in [0.1, 0.15) is 5.82 Å². The minimum absolute atomic E-state index is 0.624. The van der Waals surface area contributed by atoms with Crippen LogP contribution in [0.2, 0.25) is 0 Å². The van der Waals surface area contributed by atoms with Crippen molar-refractivity contribution in [1.29, 1.82) is 0 Å². The molecule has 0 unspecified atom stereocenters. The smallest absolute Gasteiger partial charge is 0.130 e. The lowest BCUT2D eigenvalue weighted by atomic mass is 10.3. The maximum absolute atomic E-state index is 5.41. The van der Waals surface area contributed by atoms with Crippen LogP contribution in [-0.4, -0.2) is 42.9 Å². The molecule has 1 saturated carbocycles. The van der Waals surface area contributed by atoms with Crippen molar-refractivity contribution >= 4 is 0 Å². The Morgan fingerprint density at radius 1 is 1.33 bits per heavy atom. The Labute approximate surface area is 108 Å². The molecule has 0 aromatic carbocycles. The first-order valence-corrected chi connectivity index (χ1v) is 6.49. The Morgan fingerprint density at radius 2 is 2.22 bits per heavy atom. The van der Waals surface area contributed by atoms with Gasteiger partial charge in [-0.3, -0.25) is 0 Å². The lowest BCUT2D eigenvalue weighted by Gasteiger charge is -2.05. The van der Waals surface area contributed by atoms with Crippen LogP contribution in [-0.2, 0) is 22.4 Å². The third-order valence-corrected chi connectivity index (χ3v) is 2.81. The number of aromatic nitrogens is 2. The molecule has 1 aromatic heterocycles. The molecule has 18 heavy (non-hydrogen) atoms. The molecular formula is C13H21N3O2. The average molecular weight is 251 g/mol. The Morgan fingerprint density at radius 3 is 3.00 bits per heavy atom. The molecule has 1 N–H and O–H groups in total. The standard InChI is InChI=1S/C13H21N3O2/c1-17-8-9-18-7-5-13-14-6-4-12(16-13)10-15-11-2-3-11/h4,6,11,15H,2-3,5,7-10H2,1H3. The lowest BCUT2D eigenvalue weighted by molar-refractivity contribution is 0.0716. The molecule has 0 atom stereocenters. The molecular weight excluding hydrogens is 230 g/mol. The molecule has 5 heteroatoms. The molecule has 1 aliphatic carbocycles. The van der Waals surface area contributed by atoms with Crippen molar-refractivity contribution in [2.45, 2.75) is 31.8 Å². The summed E-state index contributed by atoms with van der Waals surface area (Å²) in [5.74, 6) is 0.850. The molecule has 1 fully saturated rings. The molecule has 0 saturated heterocycles. The van der Waals surface area contributed by atoms with Gasteiger partial charge in [-0.25, -0.2) is 9.97 Å². The summed E-state index contributed by atoms with van der Waals surface area (Å²) >= 11 is 0. The zero-order chi connectivity index (χ0) is 12.6. The van der Waals surface area contributed by atoms with E-state index in [4.69, 9.17) is 9.47 Å². The van der Waals surface area contributed by atoms with E-state index in [0.717, 1.165) is 24.5 Å². The molecule has 1 aromatic rings. The van der Waals surface area contributed by atoms with E-state index in [-0.39, 0.29) is 0 Å². The minimum Gasteiger partial charge on any atom is -0.382 e. The summed E-state index contributed by atoms with van der Waals surface area (Å²) in [7, 11) is 1.67. The van der Waals surface area contributed by atoms with Crippen molar-refractivity contribution in [3.05, 3.63) is 23.8 Å². The van der Waals surface area contributed by atoms with Crippen molar-refractivity contribution in [3.8, 4) is 0 Å². The molecule has 1 aliphatic rings. The van der Waals surface area contributed by atoms with E-state index < -0.39 is 0 Å². The monoisotopic (exact) mass is 251 g/mol. The number of hydrogen-bond donors (Lipinski definition) is 1. The fourth-order valence-electron chi connectivity index (χ4n) is 1.60. The molecule has 2 rings (SSSR count). The van der Waals surface area contributed by atoms with E-state index in [9.17, 15) is 0 Å². The van der Waals surface area contributed by atoms with E-state index >= 15 is 0 Å². The predicted octanol–water partition coefficient (Wildman–Crippen LogP) is 0.934. The first-order valence-electron chi connectivity index (χ1n) is 6.49. The first-order chi connectivity index (χ1) is 8.88. The third kappa shape index (κ3) is 5.08. The predicted molar refractivity (Wildman–Crippen MR) is 68.3 cm³/mol. The van der Waals surface area contributed by atoms with Gasteiger partial charge in [0.25, 0.3) is 0 Å². The van der Waals surface area contributed by atoms with Gasteiger partial charge in [0.15, 0.2) is 0 Å². The summed E-state index contributed by atoms with van der Waals surface area (Å²) in [5.41, 5.74) is 1.06. The van der Waals surface area contributed by atoms with Crippen LogP contribution >= 0.6 is 0 Å². The number of hydrogen-bond acceptors (Lipinski definition) is 5. The summed E-state index contributed by atoms with van der Waals surface area (Å²) in [6, 6.07) is 2.67. The van der Waals surface area contributed by atoms with Gasteiger partial charge in [0, 0.05) is 32.3 Å². The highest BCUT2D eigenvalue weighted by Crippen LogP contribution is 2.18. The topological polar surface area (TPSA) is 56.3 Å². The van der Waals surface area contributed by atoms with Crippen molar-refractivity contribution in [2.75, 3.05) is 26.9 Å². The van der Waals surface area contributed by atoms with Gasteiger partial charge in [-0.05, 0) is 18.9 Å². The minimum atomic E-state index is 0.624. The fraction of sp³-hybridized carbons (Fsp3) is 0.692. The Hall–Kier alpha value is -1.04. The van der Waals surface area contributed by atoms with Crippen LogP contribution in [0.5, 0.6) is 0 Å². The number of nitrogens with zero attached hydrogens (tertiary/aromatic N) is 2. The van der Waals surface area contributed by atoms with Gasteiger partial charge in [-0.1, -0.05) is 0 Å². The zero-order valence-corrected chi connectivity index (χ0v) is 10.9. The second-order valence-electron chi connectivity index (χ2n) is 4.47. The van der Waals surface area contributed by atoms with Crippen LogP contribution in [0.1, 0.15) is 24.4 Å². The van der Waals surface area contributed by atoms with E-state index in [0.29, 0.717) is 25.9 Å². The highest BCUT2D eigenvalue weighted by Gasteiger charge is 2.20. The first kappa shape index (κ1) is 13.4. The van der Waals surface area contributed by atoms with E-state index in [1.165, 1.54) is 12.8 Å². The number of ether oxygens (including phenoxy) is 2. The number of rotatable bonds is 9. The normalized spacial score (nSPS) is 14.9. The third-order valence-electron chi connectivity index (χ3n) is 2.81. The summed E-state index contributed by atoms with van der Waals surface area (Å²) in [6.45, 7) is 2.74.